The molecule has 0 aliphatic carbocycles. The molecule has 0 saturated carbocycles. The van der Waals surface area contributed by atoms with Crippen LogP contribution in [0.3, 0.4) is 0 Å². The molecule has 0 spiro atoms. The van der Waals surface area contributed by atoms with Crippen LogP contribution in [0.4, 0.5) is 0 Å². The van der Waals surface area contributed by atoms with Gasteiger partial charge in [0.1, 0.15) is 11.9 Å². The van der Waals surface area contributed by atoms with Gasteiger partial charge in [0.25, 0.3) is 0 Å². The highest BCUT2D eigenvalue weighted by Gasteiger charge is 2.11. The lowest BCUT2D eigenvalue weighted by Gasteiger charge is -2.14. The molecule has 0 amide bonds. The first kappa shape index (κ1) is 19.4. The lowest BCUT2D eigenvalue weighted by molar-refractivity contribution is -0.148. The van der Waals surface area contributed by atoms with Crippen molar-refractivity contribution in [3.8, 4) is 16.9 Å². The molecule has 0 saturated heterocycles. The summed E-state index contributed by atoms with van der Waals surface area (Å²) < 4.78 is 10.6. The number of rotatable bonds is 7. The second-order valence-electron chi connectivity index (χ2n) is 6.20. The summed E-state index contributed by atoms with van der Waals surface area (Å²) in [5.74, 6) is -0.132. The van der Waals surface area contributed by atoms with Crippen LogP contribution in [-0.2, 0) is 14.3 Å². The molecule has 1 unspecified atom stereocenters. The predicted molar refractivity (Wildman–Crippen MR) is 102 cm³/mol. The molecule has 4 nitrogen and oxygen atoms in total. The smallest absolute Gasteiger partial charge is 0.338 e. The fraction of sp³-hybridized carbons (Fsp3) is 0.273. The minimum Gasteiger partial charge on any atom is -0.458 e. The molecule has 0 radical (unpaired) electrons. The lowest BCUT2D eigenvalue weighted by atomic mass is 10.0. The third-order valence-corrected chi connectivity index (χ3v) is 3.89. The first-order valence-corrected chi connectivity index (χ1v) is 8.68. The van der Waals surface area contributed by atoms with Crippen molar-refractivity contribution in [1.82, 2.24) is 0 Å². The Hall–Kier alpha value is -2.88. The van der Waals surface area contributed by atoms with Gasteiger partial charge in [-0.3, -0.25) is 4.79 Å². The van der Waals surface area contributed by atoms with Gasteiger partial charge in [0, 0.05) is 12.0 Å². The van der Waals surface area contributed by atoms with E-state index in [1.54, 1.807) is 19.1 Å². The van der Waals surface area contributed by atoms with Crippen molar-refractivity contribution in [2.24, 2.45) is 0 Å². The zero-order chi connectivity index (χ0) is 19.1. The lowest BCUT2D eigenvalue weighted by Crippen LogP contribution is -2.08. The normalized spacial score (nSPS) is 11.5. The molecule has 0 aliphatic heterocycles. The maximum atomic E-state index is 11.6. The monoisotopic (exact) mass is 352 g/mol. The highest BCUT2D eigenvalue weighted by molar-refractivity contribution is 5.88. The van der Waals surface area contributed by atoms with Crippen LogP contribution in [0.2, 0.25) is 0 Å². The molecular formula is C22H24O4. The van der Waals surface area contributed by atoms with Gasteiger partial charge < -0.3 is 9.47 Å². The van der Waals surface area contributed by atoms with Gasteiger partial charge in [0.05, 0.1) is 0 Å². The van der Waals surface area contributed by atoms with E-state index in [0.29, 0.717) is 17.7 Å². The van der Waals surface area contributed by atoms with Crippen LogP contribution in [-0.4, -0.2) is 11.9 Å². The molecule has 0 bridgehead atoms. The molecule has 2 aromatic carbocycles. The third kappa shape index (κ3) is 5.31. The van der Waals surface area contributed by atoms with E-state index in [-0.39, 0.29) is 12.1 Å². The first-order chi connectivity index (χ1) is 12.4. The zero-order valence-electron chi connectivity index (χ0n) is 15.5. The van der Waals surface area contributed by atoms with Gasteiger partial charge >= 0.3 is 11.9 Å². The van der Waals surface area contributed by atoms with Crippen LogP contribution in [0.15, 0.2) is 60.7 Å². The maximum absolute atomic E-state index is 11.6. The molecule has 136 valence electrons. The van der Waals surface area contributed by atoms with Gasteiger partial charge in [-0.15, -0.1) is 0 Å². The van der Waals surface area contributed by atoms with E-state index in [0.717, 1.165) is 23.1 Å². The third-order valence-electron chi connectivity index (χ3n) is 3.89. The van der Waals surface area contributed by atoms with Crippen LogP contribution in [0.1, 0.15) is 45.3 Å². The average Bonchev–Trinajstić information content (AvgIpc) is 2.62. The van der Waals surface area contributed by atoms with E-state index in [2.05, 4.69) is 6.58 Å². The largest absolute Gasteiger partial charge is 0.458 e. The van der Waals surface area contributed by atoms with Crippen LogP contribution >= 0.6 is 0 Å². The molecule has 26 heavy (non-hydrogen) atoms. The number of carbonyl (C=O) groups excluding carboxylic acids is 2. The van der Waals surface area contributed by atoms with Crippen molar-refractivity contribution >= 4 is 11.9 Å². The van der Waals surface area contributed by atoms with E-state index >= 15 is 0 Å². The number of carbonyl (C=O) groups is 2. The molecule has 0 N–H and O–H groups in total. The Kier molecular flexibility index (Phi) is 6.73. The minimum atomic E-state index is -0.436. The molecule has 0 aliphatic rings. The van der Waals surface area contributed by atoms with E-state index in [1.165, 1.54) is 0 Å². The molecule has 2 rings (SSSR count). The average molecular weight is 352 g/mol. The summed E-state index contributed by atoms with van der Waals surface area (Å²) in [7, 11) is 0. The van der Waals surface area contributed by atoms with E-state index in [9.17, 15) is 9.59 Å². The number of hydrogen-bond acceptors (Lipinski definition) is 4. The van der Waals surface area contributed by atoms with Gasteiger partial charge in [-0.1, -0.05) is 49.9 Å². The van der Waals surface area contributed by atoms with Gasteiger partial charge in [-0.2, -0.15) is 0 Å². The van der Waals surface area contributed by atoms with Gasteiger partial charge in [-0.05, 0) is 49.1 Å². The number of esters is 2. The quantitative estimate of drug-likeness (QED) is 0.388. The second-order valence-corrected chi connectivity index (χ2v) is 6.20. The molecule has 0 heterocycles. The Morgan fingerprint density at radius 3 is 2.04 bits per heavy atom. The van der Waals surface area contributed by atoms with Gasteiger partial charge in [0.15, 0.2) is 0 Å². The first-order valence-electron chi connectivity index (χ1n) is 8.68. The number of benzene rings is 2. The highest BCUT2D eigenvalue weighted by atomic mass is 16.5. The van der Waals surface area contributed by atoms with Crippen LogP contribution in [0, 0.1) is 0 Å². The summed E-state index contributed by atoms with van der Waals surface area (Å²) in [5.41, 5.74) is 3.34. The SMILES string of the molecule is C=C(C)C(=O)Oc1ccc(-c2ccc(C(C)OC(=O)CCC)cc2)cc1. The van der Waals surface area contributed by atoms with Crippen molar-refractivity contribution in [3.05, 3.63) is 66.2 Å². The van der Waals surface area contributed by atoms with Gasteiger partial charge in [0.2, 0.25) is 0 Å². The summed E-state index contributed by atoms with van der Waals surface area (Å²) in [6.45, 7) is 8.99. The summed E-state index contributed by atoms with van der Waals surface area (Å²) in [5, 5.41) is 0. The number of ether oxygens (including phenoxy) is 2. The van der Waals surface area contributed by atoms with Crippen molar-refractivity contribution in [3.63, 3.8) is 0 Å². The molecule has 0 aromatic heterocycles. The van der Waals surface area contributed by atoms with E-state index in [1.807, 2.05) is 50.2 Å². The van der Waals surface area contributed by atoms with Crippen LogP contribution in [0.5, 0.6) is 5.75 Å². The Balaban J connectivity index is 2.04. The standard InChI is InChI=1S/C22H24O4/c1-5-6-21(23)25-16(4)17-7-9-18(10-8-17)19-11-13-20(14-12-19)26-22(24)15(2)3/h7-14,16H,2,5-6H2,1,3-4H3. The van der Waals surface area contributed by atoms with Crippen molar-refractivity contribution < 1.29 is 19.1 Å². The number of hydrogen-bond donors (Lipinski definition) is 0. The Morgan fingerprint density at radius 1 is 1.00 bits per heavy atom. The Labute approximate surface area is 154 Å². The summed E-state index contributed by atoms with van der Waals surface area (Å²) in [6, 6.07) is 15.1. The summed E-state index contributed by atoms with van der Waals surface area (Å²) in [6.07, 6.45) is 0.944. The summed E-state index contributed by atoms with van der Waals surface area (Å²) in [4.78, 5) is 23.1. The molecule has 0 fully saturated rings. The van der Waals surface area contributed by atoms with Crippen molar-refractivity contribution in [2.75, 3.05) is 0 Å². The maximum Gasteiger partial charge on any atom is 0.338 e. The van der Waals surface area contributed by atoms with Crippen LogP contribution in [0.25, 0.3) is 11.1 Å². The topological polar surface area (TPSA) is 52.6 Å². The summed E-state index contributed by atoms with van der Waals surface area (Å²) >= 11 is 0. The zero-order valence-corrected chi connectivity index (χ0v) is 15.5. The predicted octanol–water partition coefficient (Wildman–Crippen LogP) is 5.24. The molecule has 4 heteroatoms. The molecular weight excluding hydrogens is 328 g/mol. The second kappa shape index (κ2) is 8.99. The van der Waals surface area contributed by atoms with Crippen LogP contribution < -0.4 is 4.74 Å². The van der Waals surface area contributed by atoms with E-state index in [4.69, 9.17) is 9.47 Å². The fourth-order valence-electron chi connectivity index (χ4n) is 2.38. The van der Waals surface area contributed by atoms with E-state index < -0.39 is 5.97 Å². The highest BCUT2D eigenvalue weighted by Crippen LogP contribution is 2.25. The molecule has 1 atom stereocenters. The van der Waals surface area contributed by atoms with Gasteiger partial charge in [-0.25, -0.2) is 4.79 Å². The minimum absolute atomic E-state index is 0.177. The molecule has 2 aromatic rings. The Morgan fingerprint density at radius 2 is 1.54 bits per heavy atom. The van der Waals surface area contributed by atoms with Crippen molar-refractivity contribution in [2.45, 2.75) is 39.7 Å². The Bertz CT molecular complexity index is 773. The van der Waals surface area contributed by atoms with Crippen molar-refractivity contribution in [1.29, 1.82) is 0 Å². The fourth-order valence-corrected chi connectivity index (χ4v) is 2.38.